The summed E-state index contributed by atoms with van der Waals surface area (Å²) in [6.45, 7) is 8.20. The molecule has 0 unspecified atom stereocenters. The highest BCUT2D eigenvalue weighted by Crippen LogP contribution is 2.23. The summed E-state index contributed by atoms with van der Waals surface area (Å²) in [5, 5.41) is 3.37. The SMILES string of the molecule is CNC1(C)CCN(C(=O)N2CCC(C)CC2)CC1. The molecule has 0 atom stereocenters. The van der Waals surface area contributed by atoms with E-state index >= 15 is 0 Å². The van der Waals surface area contributed by atoms with Crippen LogP contribution in [0.1, 0.15) is 39.5 Å². The summed E-state index contributed by atoms with van der Waals surface area (Å²) in [7, 11) is 2.02. The standard InChI is InChI=1S/C14H27N3O/c1-12-4-8-16(9-5-12)13(18)17-10-6-14(2,15-3)7-11-17/h12,15H,4-11H2,1-3H3. The number of hydrogen-bond donors (Lipinski definition) is 1. The first-order chi connectivity index (χ1) is 8.54. The van der Waals surface area contributed by atoms with Crippen LogP contribution in [-0.4, -0.2) is 54.6 Å². The zero-order valence-electron chi connectivity index (χ0n) is 12.0. The molecule has 4 nitrogen and oxygen atoms in total. The van der Waals surface area contributed by atoms with E-state index in [0.29, 0.717) is 0 Å². The Balaban J connectivity index is 1.84. The molecule has 2 heterocycles. The molecule has 1 N–H and O–H groups in total. The third-order valence-electron chi connectivity index (χ3n) is 4.80. The number of hydrogen-bond acceptors (Lipinski definition) is 2. The Kier molecular flexibility index (Phi) is 4.15. The number of urea groups is 1. The average Bonchev–Trinajstić information content (AvgIpc) is 2.40. The smallest absolute Gasteiger partial charge is 0.319 e. The van der Waals surface area contributed by atoms with E-state index in [9.17, 15) is 4.79 Å². The first-order valence-electron chi connectivity index (χ1n) is 7.27. The van der Waals surface area contributed by atoms with E-state index in [-0.39, 0.29) is 11.6 Å². The molecule has 2 saturated heterocycles. The molecule has 0 aromatic heterocycles. The molecule has 2 fully saturated rings. The van der Waals surface area contributed by atoms with Crippen molar-refractivity contribution in [2.45, 2.75) is 45.1 Å². The third kappa shape index (κ3) is 2.97. The minimum Gasteiger partial charge on any atom is -0.325 e. The molecule has 0 spiro atoms. The van der Waals surface area contributed by atoms with Gasteiger partial charge in [0.1, 0.15) is 0 Å². The van der Waals surface area contributed by atoms with Crippen molar-refractivity contribution in [1.82, 2.24) is 15.1 Å². The van der Waals surface area contributed by atoms with Crippen LogP contribution < -0.4 is 5.32 Å². The normalized spacial score (nSPS) is 25.3. The number of nitrogens with zero attached hydrogens (tertiary/aromatic N) is 2. The number of rotatable bonds is 1. The predicted molar refractivity (Wildman–Crippen MR) is 73.6 cm³/mol. The summed E-state index contributed by atoms with van der Waals surface area (Å²) in [5.41, 5.74) is 0.215. The van der Waals surface area contributed by atoms with Gasteiger partial charge in [0.25, 0.3) is 0 Å². The minimum absolute atomic E-state index is 0.215. The van der Waals surface area contributed by atoms with E-state index in [1.807, 2.05) is 16.8 Å². The summed E-state index contributed by atoms with van der Waals surface area (Å²) in [6.07, 6.45) is 4.43. The highest BCUT2D eigenvalue weighted by Gasteiger charge is 2.32. The molecule has 4 heteroatoms. The van der Waals surface area contributed by atoms with Gasteiger partial charge in [0.15, 0.2) is 0 Å². The lowest BCUT2D eigenvalue weighted by Crippen LogP contribution is -2.55. The fourth-order valence-corrected chi connectivity index (χ4v) is 2.84. The van der Waals surface area contributed by atoms with Crippen LogP contribution in [-0.2, 0) is 0 Å². The lowest BCUT2D eigenvalue weighted by Gasteiger charge is -2.42. The van der Waals surface area contributed by atoms with Gasteiger partial charge in [-0.25, -0.2) is 4.79 Å². The van der Waals surface area contributed by atoms with E-state index in [0.717, 1.165) is 57.8 Å². The number of amides is 2. The fraction of sp³-hybridized carbons (Fsp3) is 0.929. The van der Waals surface area contributed by atoms with Crippen LogP contribution in [0.15, 0.2) is 0 Å². The number of piperidine rings is 2. The van der Waals surface area contributed by atoms with Gasteiger partial charge in [-0.3, -0.25) is 0 Å². The maximum absolute atomic E-state index is 12.4. The molecule has 2 rings (SSSR count). The molecule has 0 aliphatic carbocycles. The molecule has 0 saturated carbocycles. The Morgan fingerprint density at radius 3 is 2.11 bits per heavy atom. The predicted octanol–water partition coefficient (Wildman–Crippen LogP) is 1.91. The minimum atomic E-state index is 0.215. The van der Waals surface area contributed by atoms with Crippen molar-refractivity contribution < 1.29 is 4.79 Å². The zero-order chi connectivity index (χ0) is 13.2. The number of likely N-dealkylation sites (tertiary alicyclic amines) is 2. The first-order valence-corrected chi connectivity index (χ1v) is 7.27. The summed E-state index contributed by atoms with van der Waals surface area (Å²) in [4.78, 5) is 16.5. The quantitative estimate of drug-likeness (QED) is 0.775. The van der Waals surface area contributed by atoms with E-state index in [1.54, 1.807) is 0 Å². The van der Waals surface area contributed by atoms with Crippen LogP contribution in [0.5, 0.6) is 0 Å². The second-order valence-electron chi connectivity index (χ2n) is 6.25. The Morgan fingerprint density at radius 2 is 1.61 bits per heavy atom. The van der Waals surface area contributed by atoms with Gasteiger partial charge in [-0.05, 0) is 45.6 Å². The van der Waals surface area contributed by atoms with Crippen molar-refractivity contribution in [3.8, 4) is 0 Å². The molecule has 104 valence electrons. The molecular formula is C14H27N3O. The van der Waals surface area contributed by atoms with Crippen molar-refractivity contribution >= 4 is 6.03 Å². The number of nitrogens with one attached hydrogen (secondary N) is 1. The molecule has 0 radical (unpaired) electrons. The summed E-state index contributed by atoms with van der Waals surface area (Å²) in [5.74, 6) is 0.781. The molecule has 18 heavy (non-hydrogen) atoms. The van der Waals surface area contributed by atoms with Crippen LogP contribution in [0.2, 0.25) is 0 Å². The monoisotopic (exact) mass is 253 g/mol. The summed E-state index contributed by atoms with van der Waals surface area (Å²) in [6, 6.07) is 0.264. The van der Waals surface area contributed by atoms with Gasteiger partial charge in [0.05, 0.1) is 0 Å². The summed E-state index contributed by atoms with van der Waals surface area (Å²) < 4.78 is 0. The molecule has 2 aliphatic heterocycles. The molecular weight excluding hydrogens is 226 g/mol. The van der Waals surface area contributed by atoms with Crippen molar-refractivity contribution in [3.05, 3.63) is 0 Å². The van der Waals surface area contributed by atoms with Gasteiger partial charge < -0.3 is 15.1 Å². The first kappa shape index (κ1) is 13.7. The molecule has 0 aromatic rings. The largest absolute Gasteiger partial charge is 0.325 e. The lowest BCUT2D eigenvalue weighted by molar-refractivity contribution is 0.109. The van der Waals surface area contributed by atoms with Crippen LogP contribution in [0, 0.1) is 5.92 Å². The van der Waals surface area contributed by atoms with Crippen molar-refractivity contribution in [2.24, 2.45) is 5.92 Å². The van der Waals surface area contributed by atoms with E-state index in [2.05, 4.69) is 19.2 Å². The van der Waals surface area contributed by atoms with Crippen molar-refractivity contribution in [2.75, 3.05) is 33.2 Å². The van der Waals surface area contributed by atoms with Gasteiger partial charge in [-0.15, -0.1) is 0 Å². The maximum atomic E-state index is 12.4. The number of carbonyl (C=O) groups is 1. The average molecular weight is 253 g/mol. The van der Waals surface area contributed by atoms with Crippen LogP contribution >= 0.6 is 0 Å². The molecule has 2 amide bonds. The van der Waals surface area contributed by atoms with E-state index in [4.69, 9.17) is 0 Å². The Hall–Kier alpha value is -0.770. The fourth-order valence-electron chi connectivity index (χ4n) is 2.84. The Morgan fingerprint density at radius 1 is 1.11 bits per heavy atom. The second kappa shape index (κ2) is 5.47. The van der Waals surface area contributed by atoms with Crippen LogP contribution in [0.25, 0.3) is 0 Å². The summed E-state index contributed by atoms with van der Waals surface area (Å²) >= 11 is 0. The highest BCUT2D eigenvalue weighted by atomic mass is 16.2. The zero-order valence-corrected chi connectivity index (χ0v) is 12.0. The maximum Gasteiger partial charge on any atom is 0.319 e. The molecule has 2 aliphatic rings. The van der Waals surface area contributed by atoms with Crippen molar-refractivity contribution in [3.63, 3.8) is 0 Å². The lowest BCUT2D eigenvalue weighted by atomic mass is 9.90. The van der Waals surface area contributed by atoms with Crippen molar-refractivity contribution in [1.29, 1.82) is 0 Å². The Bertz CT molecular complexity index is 289. The highest BCUT2D eigenvalue weighted by molar-refractivity contribution is 5.74. The van der Waals surface area contributed by atoms with Gasteiger partial charge in [-0.1, -0.05) is 6.92 Å². The van der Waals surface area contributed by atoms with E-state index < -0.39 is 0 Å². The van der Waals surface area contributed by atoms with Crippen LogP contribution in [0.4, 0.5) is 4.79 Å². The molecule has 0 aromatic carbocycles. The van der Waals surface area contributed by atoms with Gasteiger partial charge in [0, 0.05) is 31.7 Å². The third-order valence-corrected chi connectivity index (χ3v) is 4.80. The van der Waals surface area contributed by atoms with Crippen LogP contribution in [0.3, 0.4) is 0 Å². The van der Waals surface area contributed by atoms with Gasteiger partial charge in [0.2, 0.25) is 0 Å². The van der Waals surface area contributed by atoms with Gasteiger partial charge >= 0.3 is 6.03 Å². The molecule has 0 bridgehead atoms. The second-order valence-corrected chi connectivity index (χ2v) is 6.25. The van der Waals surface area contributed by atoms with E-state index in [1.165, 1.54) is 0 Å². The Labute approximate surface area is 111 Å². The topological polar surface area (TPSA) is 35.6 Å². The number of carbonyl (C=O) groups excluding carboxylic acids is 1. The van der Waals surface area contributed by atoms with Gasteiger partial charge in [-0.2, -0.15) is 0 Å².